The Bertz CT molecular complexity index is 1320. The van der Waals surface area contributed by atoms with E-state index in [1.54, 1.807) is 23.4 Å². The number of nitrogens with zero attached hydrogens (tertiary/aromatic N) is 3. The van der Waals surface area contributed by atoms with E-state index in [-0.39, 0.29) is 36.0 Å². The lowest BCUT2D eigenvalue weighted by atomic mass is 9.85. The highest BCUT2D eigenvalue weighted by atomic mass is 19.4. The van der Waals surface area contributed by atoms with Crippen LogP contribution in [0.2, 0.25) is 0 Å². The molecule has 3 aromatic rings. The van der Waals surface area contributed by atoms with Gasteiger partial charge in [0.25, 0.3) is 0 Å². The van der Waals surface area contributed by atoms with E-state index in [1.807, 2.05) is 31.2 Å². The average Bonchev–Trinajstić information content (AvgIpc) is 3.38. The number of fused-ring (bicyclic) bond motifs is 1. The fraction of sp³-hybridized carbons (Fsp3) is 0.370. The molecule has 1 amide bonds. The number of anilines is 1. The van der Waals surface area contributed by atoms with E-state index in [0.29, 0.717) is 24.5 Å². The number of halogens is 6. The Balaban J connectivity index is 1.41. The van der Waals surface area contributed by atoms with Gasteiger partial charge in [-0.15, -0.1) is 0 Å². The number of carbonyl (C=O) groups excluding carboxylic acids is 1. The number of ether oxygens (including phenoxy) is 1. The van der Waals surface area contributed by atoms with Gasteiger partial charge in [-0.05, 0) is 54.3 Å². The lowest BCUT2D eigenvalue weighted by molar-refractivity contribution is -0.143. The molecule has 2 aliphatic rings. The van der Waals surface area contributed by atoms with Crippen molar-refractivity contribution >= 4 is 11.9 Å². The van der Waals surface area contributed by atoms with Crippen LogP contribution in [0, 0.1) is 6.92 Å². The molecule has 2 fully saturated rings. The maximum atomic E-state index is 13.3. The third-order valence-electron chi connectivity index (χ3n) is 7.18. The summed E-state index contributed by atoms with van der Waals surface area (Å²) in [4.78, 5) is 23.2. The van der Waals surface area contributed by atoms with Gasteiger partial charge in [-0.25, -0.2) is 9.97 Å². The summed E-state index contributed by atoms with van der Waals surface area (Å²) in [6, 6.07) is 9.71. The molecule has 12 heteroatoms. The average molecular weight is 551 g/mol. The molecule has 4 atom stereocenters. The van der Waals surface area contributed by atoms with Crippen LogP contribution in [-0.2, 0) is 28.5 Å². The van der Waals surface area contributed by atoms with Crippen LogP contribution >= 0.6 is 0 Å². The molecule has 0 saturated carbocycles. The minimum Gasteiger partial charge on any atom is -0.371 e. The van der Waals surface area contributed by atoms with Crippen LogP contribution in [0.25, 0.3) is 0 Å². The van der Waals surface area contributed by atoms with Crippen molar-refractivity contribution in [1.29, 1.82) is 0 Å². The first-order chi connectivity index (χ1) is 18.4. The van der Waals surface area contributed by atoms with Crippen LogP contribution in [0.4, 0.5) is 32.3 Å². The van der Waals surface area contributed by atoms with E-state index in [1.165, 1.54) is 0 Å². The lowest BCUT2D eigenvalue weighted by Crippen LogP contribution is -2.35. The quantitative estimate of drug-likeness (QED) is 0.406. The normalized spacial score (nSPS) is 23.3. The number of hydrogen-bond acceptors (Lipinski definition) is 5. The van der Waals surface area contributed by atoms with Gasteiger partial charge in [0.05, 0.1) is 23.8 Å². The first-order valence-corrected chi connectivity index (χ1v) is 12.2. The molecule has 5 rings (SSSR count). The van der Waals surface area contributed by atoms with E-state index in [0.717, 1.165) is 11.1 Å². The van der Waals surface area contributed by atoms with Crippen molar-refractivity contribution in [2.24, 2.45) is 0 Å². The van der Waals surface area contributed by atoms with Crippen molar-refractivity contribution in [3.05, 3.63) is 88.7 Å². The summed E-state index contributed by atoms with van der Waals surface area (Å²) in [5.74, 6) is -0.232. The number of nitrogens with one attached hydrogen (secondary N) is 1. The van der Waals surface area contributed by atoms with Crippen LogP contribution in [0.3, 0.4) is 0 Å². The number of aromatic nitrogens is 2. The molecule has 0 aliphatic carbocycles. The van der Waals surface area contributed by atoms with Gasteiger partial charge in [0.1, 0.15) is 6.04 Å². The van der Waals surface area contributed by atoms with Gasteiger partial charge in [-0.1, -0.05) is 24.3 Å². The molecule has 1 N–H and O–H groups in total. The summed E-state index contributed by atoms with van der Waals surface area (Å²) in [5.41, 5.74) is -1.21. The van der Waals surface area contributed by atoms with E-state index < -0.39 is 42.2 Å². The Labute approximate surface area is 220 Å². The van der Waals surface area contributed by atoms with Crippen LogP contribution in [-0.4, -0.2) is 45.5 Å². The predicted molar refractivity (Wildman–Crippen MR) is 129 cm³/mol. The zero-order valence-electron chi connectivity index (χ0n) is 20.6. The monoisotopic (exact) mass is 550 g/mol. The highest BCUT2D eigenvalue weighted by Crippen LogP contribution is 2.44. The maximum absolute atomic E-state index is 13.3. The molecule has 1 aromatic heterocycles. The fourth-order valence-electron chi connectivity index (χ4n) is 5.43. The first kappa shape index (κ1) is 26.9. The third kappa shape index (κ3) is 5.56. The minimum absolute atomic E-state index is 0.0908. The second kappa shape index (κ2) is 10.1. The van der Waals surface area contributed by atoms with Gasteiger partial charge in [-0.2, -0.15) is 26.3 Å². The maximum Gasteiger partial charge on any atom is 0.416 e. The molecule has 2 aromatic carbocycles. The van der Waals surface area contributed by atoms with Crippen LogP contribution in [0.15, 0.2) is 60.9 Å². The van der Waals surface area contributed by atoms with Gasteiger partial charge in [0, 0.05) is 30.9 Å². The number of amides is 1. The highest BCUT2D eigenvalue weighted by Gasteiger charge is 2.52. The van der Waals surface area contributed by atoms with Crippen molar-refractivity contribution in [2.75, 3.05) is 11.9 Å². The van der Waals surface area contributed by atoms with E-state index >= 15 is 0 Å². The van der Waals surface area contributed by atoms with E-state index in [4.69, 9.17) is 4.74 Å². The van der Waals surface area contributed by atoms with Gasteiger partial charge < -0.3 is 15.0 Å². The molecule has 3 heterocycles. The summed E-state index contributed by atoms with van der Waals surface area (Å²) >= 11 is 0. The zero-order valence-corrected chi connectivity index (χ0v) is 20.6. The number of alkyl halides is 6. The SMILES string of the molecule is Cc1ccccc1[C@@H]1[C@@H](OCc2cc(C(F)(F)F)cc(C(F)(F)F)c2)CN2C(=O)C(Nc3ncccn3)C[C@@H]12. The second-order valence-corrected chi connectivity index (χ2v) is 9.71. The molecule has 6 nitrogen and oxygen atoms in total. The van der Waals surface area contributed by atoms with Crippen LogP contribution in [0.1, 0.15) is 40.2 Å². The number of aryl methyl sites for hydroxylation is 1. The van der Waals surface area contributed by atoms with Crippen molar-refractivity contribution in [3.63, 3.8) is 0 Å². The summed E-state index contributed by atoms with van der Waals surface area (Å²) in [5, 5.41) is 3.05. The molecule has 0 radical (unpaired) electrons. The summed E-state index contributed by atoms with van der Waals surface area (Å²) in [7, 11) is 0. The highest BCUT2D eigenvalue weighted by molar-refractivity contribution is 5.87. The Hall–Kier alpha value is -3.67. The molecule has 39 heavy (non-hydrogen) atoms. The van der Waals surface area contributed by atoms with Crippen molar-refractivity contribution in [3.8, 4) is 0 Å². The summed E-state index contributed by atoms with van der Waals surface area (Å²) < 4.78 is 86.0. The second-order valence-electron chi connectivity index (χ2n) is 9.71. The first-order valence-electron chi connectivity index (χ1n) is 12.2. The third-order valence-corrected chi connectivity index (χ3v) is 7.18. The van der Waals surface area contributed by atoms with Crippen LogP contribution < -0.4 is 5.32 Å². The largest absolute Gasteiger partial charge is 0.416 e. The van der Waals surface area contributed by atoms with Gasteiger partial charge in [0.2, 0.25) is 11.9 Å². The Morgan fingerprint density at radius 2 is 1.62 bits per heavy atom. The summed E-state index contributed by atoms with van der Waals surface area (Å²) in [6.07, 6.45) is -7.04. The number of rotatable bonds is 6. The molecule has 0 spiro atoms. The molecule has 0 bridgehead atoms. The zero-order chi connectivity index (χ0) is 27.9. The van der Waals surface area contributed by atoms with Crippen molar-refractivity contribution in [2.45, 2.75) is 56.4 Å². The van der Waals surface area contributed by atoms with Gasteiger partial charge in [0.15, 0.2) is 0 Å². The molecule has 2 saturated heterocycles. The van der Waals surface area contributed by atoms with Gasteiger partial charge in [-0.3, -0.25) is 4.79 Å². The minimum atomic E-state index is -4.95. The Morgan fingerprint density at radius 1 is 0.974 bits per heavy atom. The van der Waals surface area contributed by atoms with Crippen molar-refractivity contribution < 1.29 is 35.9 Å². The number of benzene rings is 2. The molecular formula is C27H24F6N4O2. The topological polar surface area (TPSA) is 67.3 Å². The molecule has 2 aliphatic heterocycles. The smallest absolute Gasteiger partial charge is 0.371 e. The van der Waals surface area contributed by atoms with Gasteiger partial charge >= 0.3 is 12.4 Å². The predicted octanol–water partition coefficient (Wildman–Crippen LogP) is 5.59. The standard InChI is InChI=1S/C27H24F6N4O2/c1-15-5-2-3-6-19(15)23-21-12-20(36-25-34-7-4-8-35-25)24(38)37(21)13-22(23)39-14-16-9-17(26(28,29)30)11-18(10-16)27(31,32)33/h2-11,20-23H,12-14H2,1H3,(H,34,35,36)/t20?,21-,22-,23-/m0/s1. The Kier molecular flexibility index (Phi) is 7.00. The number of hydrogen-bond donors (Lipinski definition) is 1. The lowest BCUT2D eigenvalue weighted by Gasteiger charge is -2.26. The molecule has 206 valence electrons. The van der Waals surface area contributed by atoms with Crippen LogP contribution in [0.5, 0.6) is 0 Å². The fourth-order valence-corrected chi connectivity index (χ4v) is 5.43. The Morgan fingerprint density at radius 3 is 2.23 bits per heavy atom. The molecular weight excluding hydrogens is 526 g/mol. The van der Waals surface area contributed by atoms with E-state index in [9.17, 15) is 31.1 Å². The van der Waals surface area contributed by atoms with Crippen molar-refractivity contribution in [1.82, 2.24) is 14.9 Å². The number of carbonyl (C=O) groups is 1. The summed E-state index contributed by atoms with van der Waals surface area (Å²) in [6.45, 7) is 1.57. The molecule has 1 unspecified atom stereocenters. The van der Waals surface area contributed by atoms with E-state index in [2.05, 4.69) is 15.3 Å².